The van der Waals surface area contributed by atoms with Gasteiger partial charge in [-0.25, -0.2) is 4.68 Å². The Bertz CT molecular complexity index is 545. The average molecular weight is 288 g/mol. The monoisotopic (exact) mass is 287 g/mol. The van der Waals surface area contributed by atoms with Crippen molar-refractivity contribution in [3.63, 3.8) is 0 Å². The van der Waals surface area contributed by atoms with Crippen LogP contribution in [0.3, 0.4) is 0 Å². The van der Waals surface area contributed by atoms with Gasteiger partial charge in [-0.3, -0.25) is 0 Å². The van der Waals surface area contributed by atoms with Crippen LogP contribution < -0.4 is 4.74 Å². The van der Waals surface area contributed by atoms with E-state index in [1.807, 2.05) is 0 Å². The molecule has 102 valence electrons. The van der Waals surface area contributed by atoms with Gasteiger partial charge >= 0.3 is 6.61 Å². The van der Waals surface area contributed by atoms with Crippen molar-refractivity contribution in [1.82, 2.24) is 15.0 Å². The summed E-state index contributed by atoms with van der Waals surface area (Å²) in [6, 6.07) is 6.57. The number of ether oxygens (including phenoxy) is 1. The van der Waals surface area contributed by atoms with E-state index in [1.54, 1.807) is 31.3 Å². The van der Waals surface area contributed by atoms with Crippen molar-refractivity contribution in [2.45, 2.75) is 25.5 Å². The molecule has 0 amide bonds. The van der Waals surface area contributed by atoms with Gasteiger partial charge in [0, 0.05) is 5.56 Å². The fraction of sp³-hybridized carbons (Fsp3) is 0.333. The highest BCUT2D eigenvalue weighted by Crippen LogP contribution is 2.22. The Balaban J connectivity index is 2.17. The molecule has 0 aliphatic carbocycles. The number of aromatic nitrogens is 3. The van der Waals surface area contributed by atoms with E-state index in [9.17, 15) is 8.78 Å². The molecule has 0 bridgehead atoms. The Morgan fingerprint density at radius 1 is 1.37 bits per heavy atom. The largest absolute Gasteiger partial charge is 0.434 e. The van der Waals surface area contributed by atoms with E-state index in [1.165, 1.54) is 10.7 Å². The van der Waals surface area contributed by atoms with Gasteiger partial charge in [0.15, 0.2) is 0 Å². The Hall–Kier alpha value is -1.69. The van der Waals surface area contributed by atoms with Crippen molar-refractivity contribution < 1.29 is 13.5 Å². The standard InChI is InChI=1S/C12H12ClF2N3O/c1-8(13)10-7-18(17-16-10)6-9-4-2-3-5-11(9)19-12(14)15/h2-5,7-8,12H,6H2,1H3. The van der Waals surface area contributed by atoms with Crippen LogP contribution in [0.15, 0.2) is 30.5 Å². The molecule has 0 N–H and O–H groups in total. The Kier molecular flexibility index (Phi) is 4.31. The molecule has 0 saturated carbocycles. The van der Waals surface area contributed by atoms with Gasteiger partial charge < -0.3 is 4.74 Å². The molecule has 1 aromatic carbocycles. The molecule has 0 radical (unpaired) electrons. The molecule has 19 heavy (non-hydrogen) atoms. The quantitative estimate of drug-likeness (QED) is 0.793. The van der Waals surface area contributed by atoms with Gasteiger partial charge in [-0.15, -0.1) is 16.7 Å². The van der Waals surface area contributed by atoms with Gasteiger partial charge in [0.25, 0.3) is 0 Å². The summed E-state index contributed by atoms with van der Waals surface area (Å²) in [4.78, 5) is 0. The lowest BCUT2D eigenvalue weighted by atomic mass is 10.2. The number of rotatable bonds is 5. The van der Waals surface area contributed by atoms with E-state index in [0.29, 0.717) is 17.8 Å². The second-order valence-electron chi connectivity index (χ2n) is 3.94. The summed E-state index contributed by atoms with van der Waals surface area (Å²) in [5, 5.41) is 7.54. The molecule has 2 rings (SSSR count). The predicted molar refractivity (Wildman–Crippen MR) is 66.5 cm³/mol. The average Bonchev–Trinajstić information content (AvgIpc) is 2.80. The van der Waals surface area contributed by atoms with Gasteiger partial charge in [0.05, 0.1) is 18.1 Å². The van der Waals surface area contributed by atoms with Crippen molar-refractivity contribution in [3.05, 3.63) is 41.7 Å². The van der Waals surface area contributed by atoms with Gasteiger partial charge in [-0.2, -0.15) is 8.78 Å². The third-order valence-corrected chi connectivity index (χ3v) is 2.71. The van der Waals surface area contributed by atoms with E-state index in [-0.39, 0.29) is 11.1 Å². The van der Waals surface area contributed by atoms with Crippen molar-refractivity contribution in [1.29, 1.82) is 0 Å². The first-order chi connectivity index (χ1) is 9.06. The molecular formula is C12H12ClF2N3O. The highest BCUT2D eigenvalue weighted by atomic mass is 35.5. The zero-order valence-electron chi connectivity index (χ0n) is 10.1. The van der Waals surface area contributed by atoms with Crippen LogP contribution in [0.1, 0.15) is 23.6 Å². The number of para-hydroxylation sites is 1. The number of halogens is 3. The molecule has 0 spiro atoms. The first kappa shape index (κ1) is 13.7. The molecule has 0 aliphatic heterocycles. The molecule has 1 heterocycles. The Morgan fingerprint density at radius 2 is 2.11 bits per heavy atom. The zero-order valence-corrected chi connectivity index (χ0v) is 10.9. The minimum atomic E-state index is -2.85. The SMILES string of the molecule is CC(Cl)c1cn(Cc2ccccc2OC(F)F)nn1. The highest BCUT2D eigenvalue weighted by Gasteiger charge is 2.11. The van der Waals surface area contributed by atoms with E-state index >= 15 is 0 Å². The normalized spacial score (nSPS) is 12.7. The summed E-state index contributed by atoms with van der Waals surface area (Å²) in [6.45, 7) is -0.779. The number of benzene rings is 1. The van der Waals surface area contributed by atoms with Crippen LogP contribution in [0.5, 0.6) is 5.75 Å². The highest BCUT2D eigenvalue weighted by molar-refractivity contribution is 6.20. The Morgan fingerprint density at radius 3 is 2.74 bits per heavy atom. The van der Waals surface area contributed by atoms with Gasteiger partial charge in [-0.1, -0.05) is 23.4 Å². The number of hydrogen-bond donors (Lipinski definition) is 0. The minimum Gasteiger partial charge on any atom is -0.434 e. The Labute approximate surface area is 113 Å². The number of alkyl halides is 3. The third kappa shape index (κ3) is 3.64. The fourth-order valence-electron chi connectivity index (χ4n) is 1.59. The summed E-state index contributed by atoms with van der Waals surface area (Å²) in [6.07, 6.45) is 1.68. The second kappa shape index (κ2) is 5.97. The maximum atomic E-state index is 12.3. The summed E-state index contributed by atoms with van der Waals surface area (Å²) in [5.41, 5.74) is 1.23. The second-order valence-corrected chi connectivity index (χ2v) is 4.60. The molecule has 0 aliphatic rings. The third-order valence-electron chi connectivity index (χ3n) is 2.48. The van der Waals surface area contributed by atoms with Crippen molar-refractivity contribution in [3.8, 4) is 5.75 Å². The molecule has 2 aromatic rings. The van der Waals surface area contributed by atoms with E-state index in [0.717, 1.165) is 0 Å². The van der Waals surface area contributed by atoms with Crippen LogP contribution >= 0.6 is 11.6 Å². The minimum absolute atomic E-state index is 0.133. The van der Waals surface area contributed by atoms with Gasteiger partial charge in [-0.05, 0) is 13.0 Å². The molecule has 0 fully saturated rings. The molecule has 1 atom stereocenters. The van der Waals surface area contributed by atoms with Crippen LogP contribution in [-0.4, -0.2) is 21.6 Å². The molecular weight excluding hydrogens is 276 g/mol. The molecule has 4 nitrogen and oxygen atoms in total. The molecule has 1 unspecified atom stereocenters. The topological polar surface area (TPSA) is 39.9 Å². The first-order valence-corrected chi connectivity index (χ1v) is 6.06. The lowest BCUT2D eigenvalue weighted by molar-refractivity contribution is -0.0505. The predicted octanol–water partition coefficient (Wildman–Crippen LogP) is 3.23. The lowest BCUT2D eigenvalue weighted by Gasteiger charge is -2.09. The molecule has 1 aromatic heterocycles. The number of nitrogens with zero attached hydrogens (tertiary/aromatic N) is 3. The van der Waals surface area contributed by atoms with Gasteiger partial charge in [0.2, 0.25) is 0 Å². The number of hydrogen-bond acceptors (Lipinski definition) is 3. The van der Waals surface area contributed by atoms with E-state index in [4.69, 9.17) is 11.6 Å². The summed E-state index contributed by atoms with van der Waals surface area (Å²) >= 11 is 5.88. The van der Waals surface area contributed by atoms with Crippen LogP contribution in [-0.2, 0) is 6.54 Å². The van der Waals surface area contributed by atoms with Gasteiger partial charge in [0.1, 0.15) is 11.4 Å². The molecule has 7 heteroatoms. The first-order valence-electron chi connectivity index (χ1n) is 5.63. The van der Waals surface area contributed by atoms with Crippen LogP contribution in [0, 0.1) is 0 Å². The summed E-state index contributed by atoms with van der Waals surface area (Å²) in [5.74, 6) is 0.133. The van der Waals surface area contributed by atoms with Crippen molar-refractivity contribution in [2.75, 3.05) is 0 Å². The van der Waals surface area contributed by atoms with E-state index in [2.05, 4.69) is 15.0 Å². The lowest BCUT2D eigenvalue weighted by Crippen LogP contribution is -2.07. The summed E-state index contributed by atoms with van der Waals surface area (Å²) in [7, 11) is 0. The van der Waals surface area contributed by atoms with Crippen LogP contribution in [0.4, 0.5) is 8.78 Å². The van der Waals surface area contributed by atoms with Crippen LogP contribution in [0.2, 0.25) is 0 Å². The van der Waals surface area contributed by atoms with Crippen molar-refractivity contribution >= 4 is 11.6 Å². The van der Waals surface area contributed by atoms with Crippen molar-refractivity contribution in [2.24, 2.45) is 0 Å². The molecule has 0 saturated heterocycles. The van der Waals surface area contributed by atoms with E-state index < -0.39 is 6.61 Å². The van der Waals surface area contributed by atoms with Crippen LogP contribution in [0.25, 0.3) is 0 Å². The fourth-order valence-corrected chi connectivity index (χ4v) is 1.69. The zero-order chi connectivity index (χ0) is 13.8. The summed E-state index contributed by atoms with van der Waals surface area (Å²) < 4.78 is 30.5. The maximum absolute atomic E-state index is 12.3. The smallest absolute Gasteiger partial charge is 0.387 e. The maximum Gasteiger partial charge on any atom is 0.387 e.